The highest BCUT2D eigenvalue weighted by Gasteiger charge is 2.20. The van der Waals surface area contributed by atoms with Gasteiger partial charge in [0.05, 0.1) is 5.56 Å². The minimum atomic E-state index is -0.260. The number of methoxy groups -OCH3 is 1. The summed E-state index contributed by atoms with van der Waals surface area (Å²) in [4.78, 5) is 0. The van der Waals surface area contributed by atoms with Gasteiger partial charge in [0.15, 0.2) is 0 Å². The van der Waals surface area contributed by atoms with Crippen molar-refractivity contribution < 1.29 is 13.5 Å². The van der Waals surface area contributed by atoms with Crippen LogP contribution in [-0.4, -0.2) is 13.7 Å². The van der Waals surface area contributed by atoms with E-state index in [4.69, 9.17) is 4.74 Å². The van der Waals surface area contributed by atoms with Gasteiger partial charge in [-0.15, -0.1) is 0 Å². The van der Waals surface area contributed by atoms with Crippen molar-refractivity contribution in [3.05, 3.63) is 82.9 Å². The molecule has 1 aliphatic rings. The van der Waals surface area contributed by atoms with Gasteiger partial charge in [0.25, 0.3) is 0 Å². The average molecular weight is 447 g/mol. The Morgan fingerprint density at radius 3 is 2.30 bits per heavy atom. The van der Waals surface area contributed by atoms with Crippen molar-refractivity contribution >= 4 is 10.8 Å². The molecule has 0 atom stereocenters. The molecular weight excluding hydrogens is 414 g/mol. The first-order chi connectivity index (χ1) is 16.1. The number of rotatable bonds is 7. The molecule has 0 spiro atoms. The molecule has 3 aromatic rings. The summed E-state index contributed by atoms with van der Waals surface area (Å²) in [5, 5.41) is 1.75. The van der Waals surface area contributed by atoms with E-state index in [2.05, 4.69) is 11.8 Å². The van der Waals surface area contributed by atoms with Crippen LogP contribution in [0.5, 0.6) is 0 Å². The average Bonchev–Trinajstić information content (AvgIpc) is 2.83. The Morgan fingerprint density at radius 1 is 0.818 bits per heavy atom. The SMILES string of the molecule is COCCCC1CCC(CCc2ccc(C#Cc3ccc4cc(F)ccc4c3)c(F)c2)CC1. The standard InChI is InChI=1S/C30H32F2O/c1-33-18-2-3-22-4-6-23(7-5-22)8-9-25-11-14-26(30(32)20-25)13-10-24-12-15-28-21-29(31)17-16-27(28)19-24/h11-12,14-17,19-23H,2-9,18H2,1H3. The molecule has 0 bridgehead atoms. The summed E-state index contributed by atoms with van der Waals surface area (Å²) in [5.74, 6) is 7.10. The van der Waals surface area contributed by atoms with Gasteiger partial charge in [0.2, 0.25) is 0 Å². The lowest BCUT2D eigenvalue weighted by Gasteiger charge is -2.28. The summed E-state index contributed by atoms with van der Waals surface area (Å²) in [7, 11) is 1.77. The highest BCUT2D eigenvalue weighted by Crippen LogP contribution is 2.34. The van der Waals surface area contributed by atoms with Crippen molar-refractivity contribution in [1.82, 2.24) is 0 Å². The van der Waals surface area contributed by atoms with Gasteiger partial charge in [-0.3, -0.25) is 0 Å². The van der Waals surface area contributed by atoms with Crippen LogP contribution in [0.2, 0.25) is 0 Å². The van der Waals surface area contributed by atoms with Crippen molar-refractivity contribution in [2.24, 2.45) is 11.8 Å². The third-order valence-electron chi connectivity index (χ3n) is 6.95. The van der Waals surface area contributed by atoms with Gasteiger partial charge in [-0.1, -0.05) is 55.7 Å². The highest BCUT2D eigenvalue weighted by molar-refractivity contribution is 5.83. The minimum absolute atomic E-state index is 0.255. The molecule has 0 aliphatic heterocycles. The van der Waals surface area contributed by atoms with E-state index < -0.39 is 0 Å². The van der Waals surface area contributed by atoms with Crippen molar-refractivity contribution in [2.45, 2.75) is 51.4 Å². The molecule has 0 amide bonds. The number of hydrogen-bond acceptors (Lipinski definition) is 1. The van der Waals surface area contributed by atoms with Gasteiger partial charge in [-0.2, -0.15) is 0 Å². The third-order valence-corrected chi connectivity index (χ3v) is 6.95. The second-order valence-corrected chi connectivity index (χ2v) is 9.33. The smallest absolute Gasteiger partial charge is 0.139 e. The molecule has 0 radical (unpaired) electrons. The van der Waals surface area contributed by atoms with E-state index in [1.54, 1.807) is 25.3 Å². The van der Waals surface area contributed by atoms with Gasteiger partial charge in [0.1, 0.15) is 11.6 Å². The van der Waals surface area contributed by atoms with Crippen LogP contribution < -0.4 is 0 Å². The van der Waals surface area contributed by atoms with E-state index in [9.17, 15) is 8.78 Å². The summed E-state index contributed by atoms with van der Waals surface area (Å²) in [5.41, 5.74) is 2.25. The highest BCUT2D eigenvalue weighted by atomic mass is 19.1. The van der Waals surface area contributed by atoms with Crippen LogP contribution in [0.3, 0.4) is 0 Å². The number of ether oxygens (including phenoxy) is 1. The lowest BCUT2D eigenvalue weighted by atomic mass is 9.78. The molecule has 1 aliphatic carbocycles. The Morgan fingerprint density at radius 2 is 1.55 bits per heavy atom. The van der Waals surface area contributed by atoms with Crippen LogP contribution in [0, 0.1) is 35.3 Å². The fraction of sp³-hybridized carbons (Fsp3) is 0.400. The summed E-state index contributed by atoms with van der Waals surface area (Å²) in [6.07, 6.45) is 9.73. The topological polar surface area (TPSA) is 9.23 Å². The number of aryl methyl sites for hydroxylation is 1. The van der Waals surface area contributed by atoms with E-state index in [0.717, 1.165) is 53.2 Å². The monoisotopic (exact) mass is 446 g/mol. The number of halogens is 2. The maximum absolute atomic E-state index is 14.7. The quantitative estimate of drug-likeness (QED) is 0.267. The maximum Gasteiger partial charge on any atom is 0.139 e. The normalized spacial score (nSPS) is 18.2. The number of fused-ring (bicyclic) bond motifs is 1. The zero-order chi connectivity index (χ0) is 23.0. The number of hydrogen-bond donors (Lipinski definition) is 0. The molecule has 0 unspecified atom stereocenters. The maximum atomic E-state index is 14.7. The lowest BCUT2D eigenvalue weighted by molar-refractivity contribution is 0.175. The van der Waals surface area contributed by atoms with Crippen LogP contribution in [0.4, 0.5) is 8.78 Å². The van der Waals surface area contributed by atoms with Crippen LogP contribution in [0.25, 0.3) is 10.8 Å². The first kappa shape index (κ1) is 23.5. The molecular formula is C30H32F2O. The Kier molecular flexibility index (Phi) is 8.13. The summed E-state index contributed by atoms with van der Waals surface area (Å²) in [6, 6.07) is 15.7. The van der Waals surface area contributed by atoms with Crippen LogP contribution in [-0.2, 0) is 11.2 Å². The third kappa shape index (κ3) is 6.65. The van der Waals surface area contributed by atoms with Crippen LogP contribution >= 0.6 is 0 Å². The molecule has 172 valence electrons. The molecule has 33 heavy (non-hydrogen) atoms. The summed E-state index contributed by atoms with van der Waals surface area (Å²) < 4.78 is 33.2. The minimum Gasteiger partial charge on any atom is -0.385 e. The zero-order valence-electron chi connectivity index (χ0n) is 19.4. The van der Waals surface area contributed by atoms with E-state index >= 15 is 0 Å². The zero-order valence-corrected chi connectivity index (χ0v) is 19.4. The van der Waals surface area contributed by atoms with Crippen LogP contribution in [0.15, 0.2) is 54.6 Å². The summed E-state index contributed by atoms with van der Waals surface area (Å²) >= 11 is 0. The lowest BCUT2D eigenvalue weighted by Crippen LogP contribution is -2.15. The predicted octanol–water partition coefficient (Wildman–Crippen LogP) is 7.68. The number of benzene rings is 3. The molecule has 0 saturated heterocycles. The first-order valence-electron chi connectivity index (χ1n) is 12.1. The Balaban J connectivity index is 1.31. The van der Waals surface area contributed by atoms with E-state index in [1.807, 2.05) is 24.3 Å². The Labute approximate surface area is 196 Å². The fourth-order valence-corrected chi connectivity index (χ4v) is 4.95. The molecule has 1 nitrogen and oxygen atoms in total. The largest absolute Gasteiger partial charge is 0.385 e. The molecule has 0 heterocycles. The molecule has 3 heteroatoms. The second kappa shape index (κ2) is 11.4. The Hall–Kier alpha value is -2.70. The van der Waals surface area contributed by atoms with Gasteiger partial charge in [-0.25, -0.2) is 8.78 Å². The van der Waals surface area contributed by atoms with Crippen molar-refractivity contribution in [3.8, 4) is 11.8 Å². The van der Waals surface area contributed by atoms with E-state index in [0.29, 0.717) is 5.56 Å². The fourth-order valence-electron chi connectivity index (χ4n) is 4.95. The molecule has 3 aromatic carbocycles. The van der Waals surface area contributed by atoms with Crippen molar-refractivity contribution in [3.63, 3.8) is 0 Å². The molecule has 4 rings (SSSR count). The summed E-state index contributed by atoms with van der Waals surface area (Å²) in [6.45, 7) is 0.870. The van der Waals surface area contributed by atoms with Crippen LogP contribution in [0.1, 0.15) is 61.6 Å². The van der Waals surface area contributed by atoms with Gasteiger partial charge in [-0.05, 0) is 90.3 Å². The van der Waals surface area contributed by atoms with Crippen molar-refractivity contribution in [2.75, 3.05) is 13.7 Å². The van der Waals surface area contributed by atoms with Crippen molar-refractivity contribution in [1.29, 1.82) is 0 Å². The Bertz CT molecular complexity index is 1130. The predicted molar refractivity (Wildman–Crippen MR) is 131 cm³/mol. The van der Waals surface area contributed by atoms with Gasteiger partial charge in [0, 0.05) is 19.3 Å². The molecule has 0 N–H and O–H groups in total. The first-order valence-corrected chi connectivity index (χ1v) is 12.1. The molecule has 1 fully saturated rings. The molecule has 1 saturated carbocycles. The second-order valence-electron chi connectivity index (χ2n) is 9.33. The van der Waals surface area contributed by atoms with E-state index in [-0.39, 0.29) is 11.6 Å². The molecule has 0 aromatic heterocycles. The van der Waals surface area contributed by atoms with Gasteiger partial charge < -0.3 is 4.74 Å². The van der Waals surface area contributed by atoms with E-state index in [1.165, 1.54) is 50.7 Å². The van der Waals surface area contributed by atoms with Gasteiger partial charge >= 0.3 is 0 Å².